The molecule has 1 aromatic rings. The molecular weight excluding hydrogens is 262 g/mol. The van der Waals surface area contributed by atoms with Crippen LogP contribution in [0.1, 0.15) is 36.2 Å². The molecular formula is C14H21NO3S. The molecule has 0 saturated heterocycles. The SMILES string of the molecule is CCCCOCCN1CCc2sccc2C1C(=O)O. The Morgan fingerprint density at radius 1 is 1.58 bits per heavy atom. The predicted molar refractivity (Wildman–Crippen MR) is 75.7 cm³/mol. The Bertz CT molecular complexity index is 419. The average Bonchev–Trinajstić information content (AvgIpc) is 2.85. The third-order valence-corrected chi connectivity index (χ3v) is 4.46. The van der Waals surface area contributed by atoms with E-state index in [-0.39, 0.29) is 0 Å². The number of carboxylic acids is 1. The van der Waals surface area contributed by atoms with Crippen LogP contribution in [0.5, 0.6) is 0 Å². The van der Waals surface area contributed by atoms with Crippen LogP contribution in [-0.4, -0.2) is 42.3 Å². The van der Waals surface area contributed by atoms with E-state index in [0.29, 0.717) is 13.2 Å². The zero-order valence-electron chi connectivity index (χ0n) is 11.3. The van der Waals surface area contributed by atoms with Gasteiger partial charge in [0.1, 0.15) is 6.04 Å². The highest BCUT2D eigenvalue weighted by Gasteiger charge is 2.33. The molecule has 19 heavy (non-hydrogen) atoms. The zero-order chi connectivity index (χ0) is 13.7. The third-order valence-electron chi connectivity index (χ3n) is 3.46. The Labute approximate surface area is 118 Å². The van der Waals surface area contributed by atoms with E-state index in [0.717, 1.165) is 38.0 Å². The second-order valence-corrected chi connectivity index (χ2v) is 5.79. The van der Waals surface area contributed by atoms with Crippen LogP contribution in [0, 0.1) is 0 Å². The fraction of sp³-hybridized carbons (Fsp3) is 0.643. The van der Waals surface area contributed by atoms with Crippen molar-refractivity contribution in [3.05, 3.63) is 21.9 Å². The van der Waals surface area contributed by atoms with Gasteiger partial charge in [0.2, 0.25) is 0 Å². The quantitative estimate of drug-likeness (QED) is 0.781. The normalized spacial score (nSPS) is 19.3. The van der Waals surface area contributed by atoms with Crippen molar-refractivity contribution in [2.45, 2.75) is 32.2 Å². The van der Waals surface area contributed by atoms with Gasteiger partial charge in [-0.15, -0.1) is 11.3 Å². The van der Waals surface area contributed by atoms with E-state index >= 15 is 0 Å². The van der Waals surface area contributed by atoms with Crippen molar-refractivity contribution in [1.82, 2.24) is 4.90 Å². The van der Waals surface area contributed by atoms with Crippen molar-refractivity contribution in [3.8, 4) is 0 Å². The number of rotatable bonds is 7. The van der Waals surface area contributed by atoms with E-state index in [1.54, 1.807) is 11.3 Å². The first-order chi connectivity index (χ1) is 9.24. The van der Waals surface area contributed by atoms with Gasteiger partial charge in [-0.2, -0.15) is 0 Å². The van der Waals surface area contributed by atoms with Crippen molar-refractivity contribution in [3.63, 3.8) is 0 Å². The van der Waals surface area contributed by atoms with Gasteiger partial charge in [-0.25, -0.2) is 0 Å². The van der Waals surface area contributed by atoms with E-state index in [2.05, 4.69) is 6.92 Å². The van der Waals surface area contributed by atoms with Gasteiger partial charge in [0, 0.05) is 24.6 Å². The molecule has 4 nitrogen and oxygen atoms in total. The first-order valence-electron chi connectivity index (χ1n) is 6.85. The van der Waals surface area contributed by atoms with Gasteiger partial charge in [0.25, 0.3) is 0 Å². The molecule has 5 heteroatoms. The number of thiophene rings is 1. The van der Waals surface area contributed by atoms with Gasteiger partial charge in [-0.05, 0) is 29.9 Å². The maximum Gasteiger partial charge on any atom is 0.325 e. The van der Waals surface area contributed by atoms with E-state index in [9.17, 15) is 9.90 Å². The first-order valence-corrected chi connectivity index (χ1v) is 7.73. The molecule has 0 saturated carbocycles. The van der Waals surface area contributed by atoms with Gasteiger partial charge >= 0.3 is 5.97 Å². The Kier molecular flexibility index (Phi) is 5.36. The predicted octanol–water partition coefficient (Wildman–Crippen LogP) is 2.55. The van der Waals surface area contributed by atoms with Gasteiger partial charge in [0.05, 0.1) is 6.61 Å². The minimum atomic E-state index is -0.757. The Morgan fingerprint density at radius 2 is 2.42 bits per heavy atom. The smallest absolute Gasteiger partial charge is 0.325 e. The molecule has 1 unspecified atom stereocenters. The van der Waals surface area contributed by atoms with E-state index < -0.39 is 12.0 Å². The molecule has 1 aliphatic rings. The maximum atomic E-state index is 11.5. The van der Waals surface area contributed by atoms with Crippen LogP contribution >= 0.6 is 11.3 Å². The molecule has 0 amide bonds. The summed E-state index contributed by atoms with van der Waals surface area (Å²) in [5.41, 5.74) is 0.970. The van der Waals surface area contributed by atoms with Crippen LogP contribution < -0.4 is 0 Å². The highest BCUT2D eigenvalue weighted by atomic mass is 32.1. The van der Waals surface area contributed by atoms with Crippen LogP contribution in [0.4, 0.5) is 0 Å². The molecule has 0 bridgehead atoms. The topological polar surface area (TPSA) is 49.8 Å². The number of aliphatic carboxylic acids is 1. The fourth-order valence-corrected chi connectivity index (χ4v) is 3.33. The largest absolute Gasteiger partial charge is 0.480 e. The molecule has 0 aliphatic carbocycles. The summed E-state index contributed by atoms with van der Waals surface area (Å²) in [5.74, 6) is -0.757. The molecule has 106 valence electrons. The van der Waals surface area contributed by atoms with Crippen LogP contribution in [-0.2, 0) is 16.0 Å². The molecule has 0 aromatic carbocycles. The van der Waals surface area contributed by atoms with Crippen LogP contribution in [0.2, 0.25) is 0 Å². The summed E-state index contributed by atoms with van der Waals surface area (Å²) in [4.78, 5) is 14.7. The van der Waals surface area contributed by atoms with Crippen molar-refractivity contribution < 1.29 is 14.6 Å². The van der Waals surface area contributed by atoms with Gasteiger partial charge in [0.15, 0.2) is 0 Å². The summed E-state index contributed by atoms with van der Waals surface area (Å²) in [6.45, 7) is 5.01. The van der Waals surface area contributed by atoms with Crippen molar-refractivity contribution in [2.24, 2.45) is 0 Å². The Morgan fingerprint density at radius 3 is 3.16 bits per heavy atom. The van der Waals surface area contributed by atoms with Gasteiger partial charge in [-0.1, -0.05) is 13.3 Å². The van der Waals surface area contributed by atoms with Crippen molar-refractivity contribution in [2.75, 3.05) is 26.3 Å². The van der Waals surface area contributed by atoms with Gasteiger partial charge in [-0.3, -0.25) is 9.69 Å². The number of ether oxygens (including phenoxy) is 1. The zero-order valence-corrected chi connectivity index (χ0v) is 12.1. The summed E-state index contributed by atoms with van der Waals surface area (Å²) in [5, 5.41) is 11.4. The van der Waals surface area contributed by atoms with Crippen molar-refractivity contribution >= 4 is 17.3 Å². The highest BCUT2D eigenvalue weighted by molar-refractivity contribution is 7.10. The van der Waals surface area contributed by atoms with E-state index in [1.165, 1.54) is 4.88 Å². The fourth-order valence-electron chi connectivity index (χ4n) is 2.43. The summed E-state index contributed by atoms with van der Waals surface area (Å²) in [7, 11) is 0. The molecule has 0 fully saturated rings. The molecule has 2 rings (SSSR count). The molecule has 1 N–H and O–H groups in total. The summed E-state index contributed by atoms with van der Waals surface area (Å²) >= 11 is 1.66. The van der Waals surface area contributed by atoms with Crippen LogP contribution in [0.25, 0.3) is 0 Å². The molecule has 1 aromatic heterocycles. The number of carbonyl (C=O) groups is 1. The minimum absolute atomic E-state index is 0.496. The number of hydrogen-bond donors (Lipinski definition) is 1. The molecule has 1 aliphatic heterocycles. The van der Waals surface area contributed by atoms with E-state index in [4.69, 9.17) is 4.74 Å². The average molecular weight is 283 g/mol. The lowest BCUT2D eigenvalue weighted by Gasteiger charge is -2.32. The number of carboxylic acid groups (broad SMARTS) is 1. The van der Waals surface area contributed by atoms with Crippen LogP contribution in [0.3, 0.4) is 0 Å². The van der Waals surface area contributed by atoms with Gasteiger partial charge < -0.3 is 9.84 Å². The first kappa shape index (κ1) is 14.5. The highest BCUT2D eigenvalue weighted by Crippen LogP contribution is 2.33. The Hall–Kier alpha value is -0.910. The molecule has 1 atom stereocenters. The number of nitrogens with zero attached hydrogens (tertiary/aromatic N) is 1. The van der Waals surface area contributed by atoms with E-state index in [1.807, 2.05) is 16.3 Å². The number of fused-ring (bicyclic) bond motifs is 1. The maximum absolute atomic E-state index is 11.5. The monoisotopic (exact) mass is 283 g/mol. The number of unbranched alkanes of at least 4 members (excludes halogenated alkanes) is 1. The molecule has 0 radical (unpaired) electrons. The second kappa shape index (κ2) is 7.03. The number of hydrogen-bond acceptors (Lipinski definition) is 4. The molecule has 0 spiro atoms. The summed E-state index contributed by atoms with van der Waals surface area (Å²) in [6.07, 6.45) is 3.14. The van der Waals surface area contributed by atoms with Crippen LogP contribution in [0.15, 0.2) is 11.4 Å². The standard InChI is InChI=1S/C14H21NO3S/c1-2-3-8-18-9-7-15-6-4-12-11(5-10-19-12)13(15)14(16)17/h5,10,13H,2-4,6-9H2,1H3,(H,16,17). The van der Waals surface area contributed by atoms with Crippen molar-refractivity contribution in [1.29, 1.82) is 0 Å². The summed E-state index contributed by atoms with van der Waals surface area (Å²) in [6, 6.07) is 1.45. The lowest BCUT2D eigenvalue weighted by molar-refractivity contribution is -0.144. The minimum Gasteiger partial charge on any atom is -0.480 e. The third kappa shape index (κ3) is 3.55. The lowest BCUT2D eigenvalue weighted by Crippen LogP contribution is -2.40. The lowest BCUT2D eigenvalue weighted by atomic mass is 10.0. The second-order valence-electron chi connectivity index (χ2n) is 4.79. The molecule has 2 heterocycles. The Balaban J connectivity index is 1.92. The summed E-state index contributed by atoms with van der Waals surface area (Å²) < 4.78 is 5.54.